The highest BCUT2D eigenvalue weighted by atomic mass is 14.9. The maximum absolute atomic E-state index is 4.21. The summed E-state index contributed by atoms with van der Waals surface area (Å²) in [5.74, 6) is 0. The lowest BCUT2D eigenvalue weighted by atomic mass is 10.0. The van der Waals surface area contributed by atoms with Gasteiger partial charge < -0.3 is 0 Å². The Kier molecular flexibility index (Phi) is 1.90. The molecule has 0 aliphatic rings. The summed E-state index contributed by atoms with van der Waals surface area (Å²) in [5, 5.41) is 5.05. The molecule has 78 valence electrons. The Labute approximate surface area is 94.2 Å². The van der Waals surface area contributed by atoms with Crippen LogP contribution in [0.1, 0.15) is 5.69 Å². The van der Waals surface area contributed by atoms with Crippen molar-refractivity contribution in [2.75, 3.05) is 0 Å². The van der Waals surface area contributed by atoms with Crippen molar-refractivity contribution in [1.82, 2.24) is 4.98 Å². The van der Waals surface area contributed by atoms with Crippen LogP contribution < -0.4 is 4.57 Å². The van der Waals surface area contributed by atoms with E-state index < -0.39 is 0 Å². The molecule has 0 fully saturated rings. The van der Waals surface area contributed by atoms with Crippen LogP contribution in [0.25, 0.3) is 21.5 Å². The summed E-state index contributed by atoms with van der Waals surface area (Å²) >= 11 is 0. The molecule has 2 aromatic heterocycles. The summed E-state index contributed by atoms with van der Waals surface area (Å²) in [6.45, 7) is 2.14. The standard InChI is InChI=1S/C14H13N2/c1-10-12-4-3-11-5-7-15-9-14(11)13(12)6-8-16(10)2/h3-9H,1-2H3/q+1. The largest absolute Gasteiger partial charge is 0.264 e. The van der Waals surface area contributed by atoms with Gasteiger partial charge in [-0.2, -0.15) is 0 Å². The fraction of sp³-hybridized carbons (Fsp3) is 0.143. The van der Waals surface area contributed by atoms with E-state index in [0.29, 0.717) is 0 Å². The smallest absolute Gasteiger partial charge is 0.185 e. The molecule has 1 aromatic carbocycles. The van der Waals surface area contributed by atoms with Crippen molar-refractivity contribution in [1.29, 1.82) is 0 Å². The fourth-order valence-corrected chi connectivity index (χ4v) is 2.17. The zero-order valence-electron chi connectivity index (χ0n) is 9.44. The van der Waals surface area contributed by atoms with E-state index in [0.717, 1.165) is 0 Å². The Morgan fingerprint density at radius 3 is 2.75 bits per heavy atom. The Bertz CT molecular complexity index is 687. The van der Waals surface area contributed by atoms with Crippen molar-refractivity contribution >= 4 is 21.5 Å². The summed E-state index contributed by atoms with van der Waals surface area (Å²) in [6, 6.07) is 8.56. The molecule has 0 aliphatic heterocycles. The van der Waals surface area contributed by atoms with Crippen LogP contribution in [0.15, 0.2) is 42.9 Å². The molecule has 2 heteroatoms. The molecular formula is C14H13N2+. The van der Waals surface area contributed by atoms with E-state index >= 15 is 0 Å². The molecule has 0 radical (unpaired) electrons. The molecule has 2 heterocycles. The van der Waals surface area contributed by atoms with Gasteiger partial charge in [0, 0.05) is 41.5 Å². The normalized spacial score (nSPS) is 11.1. The van der Waals surface area contributed by atoms with E-state index in [1.165, 1.54) is 27.2 Å². The molecule has 0 amide bonds. The number of nitrogens with zero attached hydrogens (tertiary/aromatic N) is 2. The molecule has 0 saturated carbocycles. The van der Waals surface area contributed by atoms with Crippen LogP contribution in [0.2, 0.25) is 0 Å². The van der Waals surface area contributed by atoms with E-state index in [1.54, 1.807) is 0 Å². The number of rotatable bonds is 0. The Morgan fingerprint density at radius 2 is 1.88 bits per heavy atom. The second-order valence-electron chi connectivity index (χ2n) is 4.14. The third-order valence-electron chi connectivity index (χ3n) is 3.25. The lowest BCUT2D eigenvalue weighted by Crippen LogP contribution is -2.31. The summed E-state index contributed by atoms with van der Waals surface area (Å²) in [7, 11) is 2.07. The van der Waals surface area contributed by atoms with Gasteiger partial charge in [-0.1, -0.05) is 6.07 Å². The van der Waals surface area contributed by atoms with Crippen molar-refractivity contribution in [3.8, 4) is 0 Å². The Morgan fingerprint density at radius 1 is 1.00 bits per heavy atom. The van der Waals surface area contributed by atoms with Gasteiger partial charge in [0.1, 0.15) is 7.05 Å². The molecule has 2 nitrogen and oxygen atoms in total. The summed E-state index contributed by atoms with van der Waals surface area (Å²) in [5.41, 5.74) is 1.28. The van der Waals surface area contributed by atoms with Gasteiger partial charge in [-0.15, -0.1) is 0 Å². The lowest BCUT2D eigenvalue weighted by Gasteiger charge is -2.04. The third-order valence-corrected chi connectivity index (χ3v) is 3.25. The molecule has 0 unspecified atom stereocenters. The monoisotopic (exact) mass is 209 g/mol. The Balaban J connectivity index is 2.58. The van der Waals surface area contributed by atoms with Gasteiger partial charge in [0.05, 0.1) is 0 Å². The van der Waals surface area contributed by atoms with Crippen molar-refractivity contribution in [2.24, 2.45) is 7.05 Å². The number of hydrogen-bond acceptors (Lipinski definition) is 1. The van der Waals surface area contributed by atoms with E-state index in [9.17, 15) is 0 Å². The van der Waals surface area contributed by atoms with Crippen LogP contribution in [-0.2, 0) is 7.05 Å². The number of aryl methyl sites for hydroxylation is 2. The highest BCUT2D eigenvalue weighted by Crippen LogP contribution is 2.24. The average Bonchev–Trinajstić information content (AvgIpc) is 2.33. The average molecular weight is 209 g/mol. The molecule has 0 N–H and O–H groups in total. The molecule has 0 saturated heterocycles. The van der Waals surface area contributed by atoms with E-state index in [2.05, 4.69) is 54.0 Å². The number of pyridine rings is 2. The molecule has 0 bridgehead atoms. The third kappa shape index (κ3) is 1.20. The van der Waals surface area contributed by atoms with E-state index in [1.807, 2.05) is 12.4 Å². The van der Waals surface area contributed by atoms with Gasteiger partial charge >= 0.3 is 0 Å². The lowest BCUT2D eigenvalue weighted by molar-refractivity contribution is -0.676. The SMILES string of the molecule is Cc1c2ccc3ccncc3c2cc[n+]1C. The van der Waals surface area contributed by atoms with Crippen LogP contribution in [0.4, 0.5) is 0 Å². The summed E-state index contributed by atoms with van der Waals surface area (Å²) in [6.07, 6.45) is 5.88. The zero-order chi connectivity index (χ0) is 11.1. The molecule has 3 rings (SSSR count). The highest BCUT2D eigenvalue weighted by molar-refractivity contribution is 6.07. The Hall–Kier alpha value is -1.96. The highest BCUT2D eigenvalue weighted by Gasteiger charge is 2.08. The first kappa shape index (κ1) is 9.28. The van der Waals surface area contributed by atoms with Gasteiger partial charge in [-0.05, 0) is 17.5 Å². The minimum absolute atomic E-state index is 1.23. The van der Waals surface area contributed by atoms with E-state index in [-0.39, 0.29) is 0 Å². The van der Waals surface area contributed by atoms with Crippen LogP contribution in [0.3, 0.4) is 0 Å². The molecule has 0 atom stereocenters. The summed E-state index contributed by atoms with van der Waals surface area (Å²) < 4.78 is 2.14. The van der Waals surface area contributed by atoms with Gasteiger partial charge in [0.2, 0.25) is 0 Å². The first-order valence-electron chi connectivity index (χ1n) is 5.39. The van der Waals surface area contributed by atoms with Crippen LogP contribution >= 0.6 is 0 Å². The second kappa shape index (κ2) is 3.27. The zero-order valence-corrected chi connectivity index (χ0v) is 9.44. The van der Waals surface area contributed by atoms with Gasteiger partial charge in [-0.3, -0.25) is 4.98 Å². The number of fused-ring (bicyclic) bond motifs is 3. The van der Waals surface area contributed by atoms with Crippen molar-refractivity contribution < 1.29 is 4.57 Å². The first-order valence-corrected chi connectivity index (χ1v) is 5.39. The van der Waals surface area contributed by atoms with Crippen molar-refractivity contribution in [3.63, 3.8) is 0 Å². The van der Waals surface area contributed by atoms with Gasteiger partial charge in [0.25, 0.3) is 0 Å². The predicted molar refractivity (Wildman–Crippen MR) is 65.2 cm³/mol. The summed E-state index contributed by atoms with van der Waals surface area (Å²) in [4.78, 5) is 4.21. The van der Waals surface area contributed by atoms with Crippen molar-refractivity contribution in [2.45, 2.75) is 6.92 Å². The maximum atomic E-state index is 4.21. The molecule has 0 aliphatic carbocycles. The number of hydrogen-bond donors (Lipinski definition) is 0. The number of benzene rings is 1. The first-order chi connectivity index (χ1) is 7.77. The molecule has 16 heavy (non-hydrogen) atoms. The molecule has 3 aromatic rings. The van der Waals surface area contributed by atoms with Crippen LogP contribution in [-0.4, -0.2) is 4.98 Å². The minimum Gasteiger partial charge on any atom is -0.264 e. The van der Waals surface area contributed by atoms with Crippen LogP contribution in [0.5, 0.6) is 0 Å². The molecule has 0 spiro atoms. The quantitative estimate of drug-likeness (QED) is 0.410. The predicted octanol–water partition coefficient (Wildman–Crippen LogP) is 2.52. The fourth-order valence-electron chi connectivity index (χ4n) is 2.17. The van der Waals surface area contributed by atoms with Gasteiger partial charge in [0.15, 0.2) is 11.9 Å². The van der Waals surface area contributed by atoms with Crippen LogP contribution in [0, 0.1) is 6.92 Å². The molecular weight excluding hydrogens is 196 g/mol. The van der Waals surface area contributed by atoms with Gasteiger partial charge in [-0.25, -0.2) is 4.57 Å². The number of aromatic nitrogens is 2. The second-order valence-corrected chi connectivity index (χ2v) is 4.14. The maximum Gasteiger partial charge on any atom is 0.185 e. The topological polar surface area (TPSA) is 16.8 Å². The van der Waals surface area contributed by atoms with E-state index in [4.69, 9.17) is 0 Å². The van der Waals surface area contributed by atoms with Crippen molar-refractivity contribution in [3.05, 3.63) is 48.5 Å². The minimum atomic E-state index is 1.23.